The van der Waals surface area contributed by atoms with Crippen LogP contribution in [-0.4, -0.2) is 53.2 Å². The van der Waals surface area contributed by atoms with Gasteiger partial charge in [-0.25, -0.2) is 9.97 Å². The zero-order chi connectivity index (χ0) is 14.7. The number of rotatable bonds is 4. The second kappa shape index (κ2) is 6.93. The van der Waals surface area contributed by atoms with Crippen molar-refractivity contribution >= 4 is 29.3 Å². The average molecular weight is 318 g/mol. The Balaban J connectivity index is 2.31. The smallest absolute Gasteiger partial charge is 0.227 e. The maximum atomic E-state index is 9.94. The van der Waals surface area contributed by atoms with Gasteiger partial charge in [0.1, 0.15) is 5.03 Å². The first kappa shape index (κ1) is 15.8. The van der Waals surface area contributed by atoms with Gasteiger partial charge in [-0.3, -0.25) is 0 Å². The number of nitrogens with zero attached hydrogens (tertiary/aromatic N) is 3. The van der Waals surface area contributed by atoms with E-state index in [1.54, 1.807) is 13.3 Å². The highest BCUT2D eigenvalue weighted by atomic mass is 35.5. The van der Waals surface area contributed by atoms with Crippen LogP contribution < -0.4 is 4.90 Å². The van der Waals surface area contributed by atoms with Gasteiger partial charge in [0, 0.05) is 13.2 Å². The minimum Gasteiger partial charge on any atom is -0.393 e. The number of aliphatic hydroxyl groups is 1. The molecule has 3 unspecified atom stereocenters. The molecule has 1 N–H and O–H groups in total. The molecular formula is C13H20ClN3O2S. The number of aliphatic hydroxyl groups excluding tert-OH is 1. The number of methoxy groups -OCH3 is 1. The van der Waals surface area contributed by atoms with E-state index in [2.05, 4.69) is 21.8 Å². The summed E-state index contributed by atoms with van der Waals surface area (Å²) in [6.45, 7) is 2.61. The number of aromatic nitrogens is 2. The molecule has 0 amide bonds. The molecule has 1 aliphatic rings. The number of thioether (sulfide) groups is 1. The van der Waals surface area contributed by atoms with Gasteiger partial charge in [-0.05, 0) is 26.0 Å². The second-order valence-electron chi connectivity index (χ2n) is 5.02. The van der Waals surface area contributed by atoms with E-state index in [4.69, 9.17) is 16.3 Å². The molecule has 0 aliphatic carbocycles. The monoisotopic (exact) mass is 317 g/mol. The van der Waals surface area contributed by atoms with Crippen molar-refractivity contribution in [1.82, 2.24) is 9.97 Å². The van der Waals surface area contributed by atoms with E-state index in [-0.39, 0.29) is 18.2 Å². The van der Waals surface area contributed by atoms with Crippen molar-refractivity contribution in [1.29, 1.82) is 0 Å². The SMILES string of the molecule is COCC1CC(O)CC(C)N1c1ncc(Cl)c(SC)n1. The van der Waals surface area contributed by atoms with Crippen molar-refractivity contribution < 1.29 is 9.84 Å². The van der Waals surface area contributed by atoms with Crippen molar-refractivity contribution in [2.45, 2.75) is 43.0 Å². The van der Waals surface area contributed by atoms with Gasteiger partial charge in [-0.15, -0.1) is 11.8 Å². The average Bonchev–Trinajstić information content (AvgIpc) is 2.40. The van der Waals surface area contributed by atoms with E-state index < -0.39 is 0 Å². The fourth-order valence-corrected chi connectivity index (χ4v) is 3.45. The molecular weight excluding hydrogens is 298 g/mol. The summed E-state index contributed by atoms with van der Waals surface area (Å²) < 4.78 is 5.27. The topological polar surface area (TPSA) is 58.5 Å². The Hall–Kier alpha value is -0.560. The Kier molecular flexibility index (Phi) is 5.49. The van der Waals surface area contributed by atoms with E-state index in [1.165, 1.54) is 11.8 Å². The third kappa shape index (κ3) is 3.36. The first-order chi connectivity index (χ1) is 9.56. The van der Waals surface area contributed by atoms with Crippen molar-refractivity contribution in [3.8, 4) is 0 Å². The highest BCUT2D eigenvalue weighted by Crippen LogP contribution is 2.30. The number of hydrogen-bond donors (Lipinski definition) is 1. The van der Waals surface area contributed by atoms with Gasteiger partial charge >= 0.3 is 0 Å². The Morgan fingerprint density at radius 3 is 2.95 bits per heavy atom. The molecule has 5 nitrogen and oxygen atoms in total. The minimum absolute atomic E-state index is 0.0784. The summed E-state index contributed by atoms with van der Waals surface area (Å²) >= 11 is 7.56. The zero-order valence-electron chi connectivity index (χ0n) is 11.9. The number of piperidine rings is 1. The minimum atomic E-state index is -0.297. The standard InChI is InChI=1S/C13H20ClN3O2S/c1-8-4-10(18)5-9(7-19-2)17(8)13-15-6-11(14)12(16-13)20-3/h6,8-10,18H,4-5,7H2,1-3H3. The molecule has 0 spiro atoms. The molecule has 2 heterocycles. The van der Waals surface area contributed by atoms with Crippen LogP contribution in [0.25, 0.3) is 0 Å². The fourth-order valence-electron chi connectivity index (χ4n) is 2.70. The third-order valence-electron chi connectivity index (χ3n) is 3.51. The van der Waals surface area contributed by atoms with Gasteiger partial charge in [-0.1, -0.05) is 11.6 Å². The first-order valence-electron chi connectivity index (χ1n) is 6.58. The highest BCUT2D eigenvalue weighted by molar-refractivity contribution is 7.98. The molecule has 0 radical (unpaired) electrons. The van der Waals surface area contributed by atoms with Crippen LogP contribution in [0.1, 0.15) is 19.8 Å². The molecule has 1 saturated heterocycles. The molecule has 0 saturated carbocycles. The normalized spacial score (nSPS) is 26.9. The molecule has 7 heteroatoms. The van der Waals surface area contributed by atoms with Gasteiger partial charge in [-0.2, -0.15) is 0 Å². The predicted molar refractivity (Wildman–Crippen MR) is 81.7 cm³/mol. The summed E-state index contributed by atoms with van der Waals surface area (Å²) in [7, 11) is 1.67. The van der Waals surface area contributed by atoms with E-state index in [1.807, 2.05) is 6.26 Å². The molecule has 0 bridgehead atoms. The van der Waals surface area contributed by atoms with Crippen LogP contribution >= 0.6 is 23.4 Å². The van der Waals surface area contributed by atoms with Crippen LogP contribution in [0.5, 0.6) is 0 Å². The number of hydrogen-bond acceptors (Lipinski definition) is 6. The van der Waals surface area contributed by atoms with Gasteiger partial charge in [0.25, 0.3) is 0 Å². The molecule has 0 aromatic carbocycles. The second-order valence-corrected chi connectivity index (χ2v) is 6.22. The van der Waals surface area contributed by atoms with E-state index in [9.17, 15) is 5.11 Å². The molecule has 20 heavy (non-hydrogen) atoms. The van der Waals surface area contributed by atoms with Gasteiger partial charge in [0.05, 0.1) is 30.0 Å². The summed E-state index contributed by atoms with van der Waals surface area (Å²) in [6.07, 6.45) is 4.65. The number of ether oxygens (including phenoxy) is 1. The lowest BCUT2D eigenvalue weighted by molar-refractivity contribution is 0.0812. The van der Waals surface area contributed by atoms with E-state index in [0.29, 0.717) is 30.4 Å². The molecule has 3 atom stereocenters. The highest BCUT2D eigenvalue weighted by Gasteiger charge is 2.34. The van der Waals surface area contributed by atoms with Crippen molar-refractivity contribution in [3.63, 3.8) is 0 Å². The Morgan fingerprint density at radius 2 is 2.30 bits per heavy atom. The number of anilines is 1. The Bertz CT molecular complexity index is 463. The van der Waals surface area contributed by atoms with Crippen LogP contribution in [0.15, 0.2) is 11.2 Å². The lowest BCUT2D eigenvalue weighted by Crippen LogP contribution is -2.52. The number of halogens is 1. The maximum absolute atomic E-state index is 9.94. The van der Waals surface area contributed by atoms with E-state index >= 15 is 0 Å². The quantitative estimate of drug-likeness (QED) is 0.679. The van der Waals surface area contributed by atoms with Crippen LogP contribution in [0, 0.1) is 0 Å². The Morgan fingerprint density at radius 1 is 1.55 bits per heavy atom. The van der Waals surface area contributed by atoms with Crippen LogP contribution in [0.4, 0.5) is 5.95 Å². The largest absolute Gasteiger partial charge is 0.393 e. The van der Waals surface area contributed by atoms with Crippen molar-refractivity contribution in [2.75, 3.05) is 24.9 Å². The van der Waals surface area contributed by atoms with Gasteiger partial charge in [0.15, 0.2) is 0 Å². The summed E-state index contributed by atoms with van der Waals surface area (Å²) in [5, 5.41) is 11.3. The zero-order valence-corrected chi connectivity index (χ0v) is 13.5. The molecule has 1 aliphatic heterocycles. The fraction of sp³-hybridized carbons (Fsp3) is 0.692. The third-order valence-corrected chi connectivity index (χ3v) is 4.59. The first-order valence-corrected chi connectivity index (χ1v) is 8.19. The van der Waals surface area contributed by atoms with Crippen LogP contribution in [-0.2, 0) is 4.74 Å². The molecule has 112 valence electrons. The van der Waals surface area contributed by atoms with Crippen LogP contribution in [0.2, 0.25) is 5.02 Å². The Labute approximate surface area is 128 Å². The van der Waals surface area contributed by atoms with E-state index in [0.717, 1.165) is 5.03 Å². The summed E-state index contributed by atoms with van der Waals surface area (Å²) in [5.74, 6) is 0.653. The maximum Gasteiger partial charge on any atom is 0.227 e. The molecule has 1 fully saturated rings. The lowest BCUT2D eigenvalue weighted by Gasteiger charge is -2.42. The summed E-state index contributed by atoms with van der Waals surface area (Å²) in [6, 6.07) is 0.240. The summed E-state index contributed by atoms with van der Waals surface area (Å²) in [4.78, 5) is 11.0. The summed E-state index contributed by atoms with van der Waals surface area (Å²) in [5.41, 5.74) is 0. The predicted octanol–water partition coefficient (Wildman–Crippen LogP) is 2.22. The van der Waals surface area contributed by atoms with Crippen molar-refractivity contribution in [3.05, 3.63) is 11.2 Å². The van der Waals surface area contributed by atoms with Gasteiger partial charge < -0.3 is 14.7 Å². The molecule has 2 rings (SSSR count). The van der Waals surface area contributed by atoms with Crippen molar-refractivity contribution in [2.24, 2.45) is 0 Å². The van der Waals surface area contributed by atoms with Crippen LogP contribution in [0.3, 0.4) is 0 Å². The molecule has 1 aromatic heterocycles. The lowest BCUT2D eigenvalue weighted by atomic mass is 9.94. The van der Waals surface area contributed by atoms with Gasteiger partial charge in [0.2, 0.25) is 5.95 Å². The molecule has 1 aromatic rings.